The van der Waals surface area contributed by atoms with Gasteiger partial charge in [0.1, 0.15) is 5.69 Å². The minimum absolute atomic E-state index is 0.0233. The van der Waals surface area contributed by atoms with Crippen LogP contribution in [0.1, 0.15) is 23.3 Å². The molecule has 1 aliphatic heterocycles. The van der Waals surface area contributed by atoms with Crippen LogP contribution in [0.2, 0.25) is 5.02 Å². The molecule has 2 amide bonds. The van der Waals surface area contributed by atoms with Crippen LogP contribution in [0.5, 0.6) is 0 Å². The summed E-state index contributed by atoms with van der Waals surface area (Å²) in [5.41, 5.74) is 3.06. The number of hydrogen-bond donors (Lipinski definition) is 1. The van der Waals surface area contributed by atoms with Crippen LogP contribution in [0.3, 0.4) is 0 Å². The van der Waals surface area contributed by atoms with Crippen LogP contribution in [0.4, 0.5) is 5.69 Å². The number of anilines is 1. The second-order valence-electron chi connectivity index (χ2n) is 7.24. The predicted molar refractivity (Wildman–Crippen MR) is 116 cm³/mol. The second-order valence-corrected chi connectivity index (χ2v) is 7.67. The van der Waals surface area contributed by atoms with Gasteiger partial charge in [0.25, 0.3) is 5.91 Å². The third-order valence-corrected chi connectivity index (χ3v) is 5.46. The van der Waals surface area contributed by atoms with E-state index in [0.717, 1.165) is 16.8 Å². The van der Waals surface area contributed by atoms with Crippen molar-refractivity contribution in [1.82, 2.24) is 14.9 Å². The van der Waals surface area contributed by atoms with Crippen LogP contribution in [0.15, 0.2) is 67.1 Å². The molecule has 0 radical (unpaired) electrons. The first-order chi connectivity index (χ1) is 14.6. The molecule has 0 unspecified atom stereocenters. The average Bonchev–Trinajstić information content (AvgIpc) is 2.79. The fourth-order valence-electron chi connectivity index (χ4n) is 3.61. The zero-order chi connectivity index (χ0) is 20.9. The van der Waals surface area contributed by atoms with Crippen molar-refractivity contribution in [3.63, 3.8) is 0 Å². The summed E-state index contributed by atoms with van der Waals surface area (Å²) in [5, 5.41) is 3.69. The maximum atomic E-state index is 12.8. The van der Waals surface area contributed by atoms with Crippen LogP contribution in [-0.4, -0.2) is 39.8 Å². The molecule has 2 heterocycles. The lowest BCUT2D eigenvalue weighted by Crippen LogP contribution is -2.41. The van der Waals surface area contributed by atoms with Crippen molar-refractivity contribution in [3.05, 3.63) is 77.8 Å². The maximum Gasteiger partial charge on any atom is 0.274 e. The van der Waals surface area contributed by atoms with E-state index >= 15 is 0 Å². The Bertz CT molecular complexity index is 1050. The molecule has 0 aliphatic carbocycles. The summed E-state index contributed by atoms with van der Waals surface area (Å²) in [6, 6.07) is 15.3. The highest BCUT2D eigenvalue weighted by molar-refractivity contribution is 6.30. The second kappa shape index (κ2) is 9.05. The van der Waals surface area contributed by atoms with Gasteiger partial charge in [-0.2, -0.15) is 0 Å². The molecule has 1 saturated heterocycles. The van der Waals surface area contributed by atoms with Crippen LogP contribution >= 0.6 is 11.6 Å². The molecule has 1 aliphatic rings. The number of amides is 2. The van der Waals surface area contributed by atoms with Gasteiger partial charge in [-0.3, -0.25) is 14.6 Å². The number of carbonyl (C=O) groups is 2. The van der Waals surface area contributed by atoms with Gasteiger partial charge in [-0.1, -0.05) is 35.9 Å². The zero-order valence-electron chi connectivity index (χ0n) is 16.3. The molecule has 4 rings (SSSR count). The molecule has 1 N–H and O–H groups in total. The van der Waals surface area contributed by atoms with Gasteiger partial charge in [-0.25, -0.2) is 4.98 Å². The summed E-state index contributed by atoms with van der Waals surface area (Å²) >= 11 is 6.09. The number of likely N-dealkylation sites (tertiary alicyclic amines) is 1. The summed E-state index contributed by atoms with van der Waals surface area (Å²) in [6.45, 7) is 1.05. The molecule has 0 bridgehead atoms. The molecule has 1 aromatic heterocycles. The quantitative estimate of drug-likeness (QED) is 0.683. The third-order valence-electron chi connectivity index (χ3n) is 5.22. The number of piperidine rings is 1. The summed E-state index contributed by atoms with van der Waals surface area (Å²) in [4.78, 5) is 35.0. The molecular formula is C23H21ClN4O2. The molecule has 0 saturated carbocycles. The lowest BCUT2D eigenvalue weighted by Gasteiger charge is -2.31. The lowest BCUT2D eigenvalue weighted by molar-refractivity contribution is -0.121. The molecule has 6 nitrogen and oxygen atoms in total. The zero-order valence-corrected chi connectivity index (χ0v) is 17.0. The number of nitrogens with one attached hydrogen (secondary N) is 1. The molecule has 0 atom stereocenters. The van der Waals surface area contributed by atoms with Crippen LogP contribution in [-0.2, 0) is 4.79 Å². The fourth-order valence-corrected chi connectivity index (χ4v) is 3.80. The van der Waals surface area contributed by atoms with E-state index in [-0.39, 0.29) is 17.7 Å². The highest BCUT2D eigenvalue weighted by Gasteiger charge is 2.28. The lowest BCUT2D eigenvalue weighted by atomic mass is 9.95. The highest BCUT2D eigenvalue weighted by atomic mass is 35.5. The molecule has 152 valence electrons. The van der Waals surface area contributed by atoms with Crippen molar-refractivity contribution in [2.24, 2.45) is 5.92 Å². The van der Waals surface area contributed by atoms with E-state index < -0.39 is 0 Å². The summed E-state index contributed by atoms with van der Waals surface area (Å²) < 4.78 is 0. The van der Waals surface area contributed by atoms with Gasteiger partial charge < -0.3 is 10.2 Å². The van der Waals surface area contributed by atoms with E-state index in [0.29, 0.717) is 36.6 Å². The Balaban J connectivity index is 1.36. The van der Waals surface area contributed by atoms with E-state index in [1.54, 1.807) is 4.90 Å². The Labute approximate surface area is 179 Å². The number of rotatable bonds is 4. The predicted octanol–water partition coefficient (Wildman–Crippen LogP) is 4.29. The van der Waals surface area contributed by atoms with Crippen molar-refractivity contribution in [3.8, 4) is 11.1 Å². The molecule has 30 heavy (non-hydrogen) atoms. The Hall–Kier alpha value is -3.25. The highest BCUT2D eigenvalue weighted by Crippen LogP contribution is 2.26. The molecule has 3 aromatic rings. The van der Waals surface area contributed by atoms with E-state index in [4.69, 9.17) is 11.6 Å². The molecule has 0 spiro atoms. The average molecular weight is 421 g/mol. The first-order valence-electron chi connectivity index (χ1n) is 9.82. The van der Waals surface area contributed by atoms with Crippen LogP contribution < -0.4 is 5.32 Å². The van der Waals surface area contributed by atoms with Crippen molar-refractivity contribution in [1.29, 1.82) is 0 Å². The Morgan fingerprint density at radius 3 is 2.43 bits per heavy atom. The number of aromatic nitrogens is 2. The standard InChI is InChI=1S/C23H21ClN4O2/c24-19-5-1-3-17(13-19)18-4-2-6-20(14-18)27-22(29)16-7-11-28(12-8-16)23(30)21-15-25-9-10-26-21/h1-6,9-10,13-16H,7-8,11-12H2,(H,27,29). The van der Waals surface area contributed by atoms with E-state index in [1.807, 2.05) is 48.5 Å². The van der Waals surface area contributed by atoms with Gasteiger partial charge in [0.15, 0.2) is 0 Å². The topological polar surface area (TPSA) is 75.2 Å². The van der Waals surface area contributed by atoms with E-state index in [1.165, 1.54) is 18.6 Å². The normalized spacial score (nSPS) is 14.4. The largest absolute Gasteiger partial charge is 0.337 e. The van der Waals surface area contributed by atoms with Crippen LogP contribution in [0.25, 0.3) is 11.1 Å². The first kappa shape index (κ1) is 20.0. The molecular weight excluding hydrogens is 400 g/mol. The van der Waals surface area contributed by atoms with Gasteiger partial charge in [0.05, 0.1) is 6.20 Å². The van der Waals surface area contributed by atoms with E-state index in [9.17, 15) is 9.59 Å². The van der Waals surface area contributed by atoms with Gasteiger partial charge in [-0.15, -0.1) is 0 Å². The summed E-state index contributed by atoms with van der Waals surface area (Å²) in [5.74, 6) is -0.299. The first-order valence-corrected chi connectivity index (χ1v) is 10.2. The molecule has 1 fully saturated rings. The minimum Gasteiger partial charge on any atom is -0.337 e. The number of carbonyl (C=O) groups excluding carboxylic acids is 2. The van der Waals surface area contributed by atoms with Gasteiger partial charge in [0, 0.05) is 42.1 Å². The van der Waals surface area contributed by atoms with Crippen molar-refractivity contribution in [2.45, 2.75) is 12.8 Å². The number of hydrogen-bond acceptors (Lipinski definition) is 4. The van der Waals surface area contributed by atoms with Crippen molar-refractivity contribution in [2.75, 3.05) is 18.4 Å². The van der Waals surface area contributed by atoms with E-state index in [2.05, 4.69) is 15.3 Å². The van der Waals surface area contributed by atoms with Crippen molar-refractivity contribution < 1.29 is 9.59 Å². The maximum absolute atomic E-state index is 12.8. The molecule has 2 aromatic carbocycles. The minimum atomic E-state index is -0.142. The fraction of sp³-hybridized carbons (Fsp3) is 0.217. The number of benzene rings is 2. The van der Waals surface area contributed by atoms with Gasteiger partial charge in [-0.05, 0) is 48.2 Å². The smallest absolute Gasteiger partial charge is 0.274 e. The van der Waals surface area contributed by atoms with Crippen LogP contribution in [0, 0.1) is 5.92 Å². The third kappa shape index (κ3) is 4.66. The SMILES string of the molecule is O=C(Nc1cccc(-c2cccc(Cl)c2)c1)C1CCN(C(=O)c2cnccn2)CC1. The summed E-state index contributed by atoms with van der Waals surface area (Å²) in [6.07, 6.45) is 5.74. The number of halogens is 1. The monoisotopic (exact) mass is 420 g/mol. The number of nitrogens with zero attached hydrogens (tertiary/aromatic N) is 3. The van der Waals surface area contributed by atoms with Gasteiger partial charge in [0.2, 0.25) is 5.91 Å². The Morgan fingerprint density at radius 1 is 1.00 bits per heavy atom. The molecule has 7 heteroatoms. The summed E-state index contributed by atoms with van der Waals surface area (Å²) in [7, 11) is 0. The Morgan fingerprint density at radius 2 is 1.73 bits per heavy atom. The van der Waals surface area contributed by atoms with Gasteiger partial charge >= 0.3 is 0 Å². The Kier molecular flexibility index (Phi) is 6.05. The van der Waals surface area contributed by atoms with Crippen molar-refractivity contribution >= 4 is 29.1 Å².